The van der Waals surface area contributed by atoms with Crippen molar-refractivity contribution in [3.63, 3.8) is 0 Å². The minimum absolute atomic E-state index is 0.0177. The van der Waals surface area contributed by atoms with Crippen LogP contribution in [0.2, 0.25) is 20.1 Å². The maximum absolute atomic E-state index is 12.4. The summed E-state index contributed by atoms with van der Waals surface area (Å²) in [5, 5.41) is 5.76. The molecule has 8 aliphatic heterocycles. The summed E-state index contributed by atoms with van der Waals surface area (Å²) in [7, 11) is -0.314. The highest BCUT2D eigenvalue weighted by molar-refractivity contribution is 9.10. The lowest BCUT2D eigenvalue weighted by Gasteiger charge is -2.37. The summed E-state index contributed by atoms with van der Waals surface area (Å²) < 4.78 is 62.8. The molecule has 0 atom stereocenters. The molecule has 0 aliphatic carbocycles. The van der Waals surface area contributed by atoms with Crippen molar-refractivity contribution in [2.45, 2.75) is 229 Å². The molecule has 12 rings (SSSR count). The van der Waals surface area contributed by atoms with E-state index in [4.69, 9.17) is 88.9 Å². The van der Waals surface area contributed by atoms with Crippen LogP contribution in [0, 0.1) is 29.5 Å². The van der Waals surface area contributed by atoms with Gasteiger partial charge in [-0.2, -0.15) is 0 Å². The number of esters is 4. The Morgan fingerprint density at radius 3 is 1.20 bits per heavy atom. The molecular formula is C92H131BBr2Cl4FN7O16. The van der Waals surface area contributed by atoms with Gasteiger partial charge in [-0.05, 0) is 323 Å². The van der Waals surface area contributed by atoms with E-state index in [-0.39, 0.29) is 90.0 Å². The molecule has 682 valence electrons. The highest BCUT2D eigenvalue weighted by Crippen LogP contribution is 2.43. The van der Waals surface area contributed by atoms with Gasteiger partial charge in [-0.15, -0.1) is 0 Å². The molecular weight excluding hydrogens is 1790 g/mol. The van der Waals surface area contributed by atoms with Gasteiger partial charge in [0.1, 0.15) is 22.6 Å². The van der Waals surface area contributed by atoms with Gasteiger partial charge in [0.05, 0.1) is 71.5 Å². The van der Waals surface area contributed by atoms with E-state index in [1.165, 1.54) is 17.2 Å². The molecule has 8 aliphatic rings. The number of ether oxygens (including phenoxy) is 7. The van der Waals surface area contributed by atoms with Gasteiger partial charge in [0.2, 0.25) is 0 Å². The largest absolute Gasteiger partial charge is 0.490 e. The van der Waals surface area contributed by atoms with Crippen molar-refractivity contribution >= 4 is 150 Å². The number of hydrogen-bond acceptors (Lipinski definition) is 20. The molecule has 23 nitrogen and oxygen atoms in total. The van der Waals surface area contributed by atoms with Crippen LogP contribution < -0.4 is 20.0 Å². The number of nitrogens with zero attached hydrogens (tertiary/aromatic N) is 6. The van der Waals surface area contributed by atoms with Crippen LogP contribution >= 0.6 is 78.3 Å². The number of piperidine rings is 5. The minimum Gasteiger partial charge on any atom is -0.466 e. The first kappa shape index (κ1) is 104. The summed E-state index contributed by atoms with van der Waals surface area (Å²) in [5.74, 6) is -0.0809. The molecule has 0 radical (unpaired) electrons. The molecule has 0 saturated carbocycles. The van der Waals surface area contributed by atoms with E-state index in [0.717, 1.165) is 172 Å². The number of halogens is 7. The van der Waals surface area contributed by atoms with Gasteiger partial charge in [0.15, 0.2) is 0 Å². The predicted octanol–water partition coefficient (Wildman–Crippen LogP) is 21.2. The molecule has 4 aromatic carbocycles. The van der Waals surface area contributed by atoms with Crippen molar-refractivity contribution in [3.05, 3.63) is 136 Å². The van der Waals surface area contributed by atoms with Crippen LogP contribution in [0.1, 0.15) is 212 Å². The Balaban J connectivity index is 0.000000212. The summed E-state index contributed by atoms with van der Waals surface area (Å²) in [5.41, 5.74) is 5.97. The van der Waals surface area contributed by atoms with E-state index in [9.17, 15) is 38.0 Å². The maximum Gasteiger partial charge on any atom is 0.490 e. The molecule has 31 heteroatoms. The lowest BCUT2D eigenvalue weighted by Crippen LogP contribution is -2.41. The van der Waals surface area contributed by atoms with E-state index < -0.39 is 16.8 Å². The number of carbonyl (C=O) groups excluding carboxylic acids is 7. The highest BCUT2D eigenvalue weighted by atomic mass is 79.9. The third-order valence-corrected chi connectivity index (χ3v) is 24.6. The Morgan fingerprint density at radius 1 is 0.447 bits per heavy atom. The summed E-state index contributed by atoms with van der Waals surface area (Å²) in [4.78, 5) is 95.9. The Labute approximate surface area is 766 Å². The third-order valence-electron chi connectivity index (χ3n) is 22.3. The molecule has 4 aromatic rings. The van der Waals surface area contributed by atoms with Gasteiger partial charge in [-0.25, -0.2) is 18.8 Å². The van der Waals surface area contributed by atoms with E-state index in [0.29, 0.717) is 86.1 Å². The van der Waals surface area contributed by atoms with Gasteiger partial charge in [0, 0.05) is 120 Å². The first-order valence-electron chi connectivity index (χ1n) is 43.4. The summed E-state index contributed by atoms with van der Waals surface area (Å²) in [6, 6.07) is 22.3. The Hall–Kier alpha value is -6.56. The third kappa shape index (κ3) is 33.2. The lowest BCUT2D eigenvalue weighted by atomic mass is 9.75. The number of anilines is 3. The smallest absolute Gasteiger partial charge is 0.466 e. The van der Waals surface area contributed by atoms with Gasteiger partial charge in [-0.1, -0.05) is 70.7 Å². The maximum atomic E-state index is 12.4. The summed E-state index contributed by atoms with van der Waals surface area (Å²) in [6.45, 7) is 44.8. The first-order chi connectivity index (χ1) is 57.9. The van der Waals surface area contributed by atoms with Crippen molar-refractivity contribution in [2.24, 2.45) is 23.7 Å². The Kier molecular flexibility index (Phi) is 40.9. The molecule has 6 saturated heterocycles. The second kappa shape index (κ2) is 48.6. The van der Waals surface area contributed by atoms with E-state index in [2.05, 4.69) is 70.1 Å². The number of hydrogen-bond donors (Lipinski definition) is 1. The number of rotatable bonds is 14. The van der Waals surface area contributed by atoms with Gasteiger partial charge < -0.3 is 77.2 Å². The van der Waals surface area contributed by atoms with Crippen molar-refractivity contribution in [1.29, 1.82) is 0 Å². The number of carbonyl (C=O) groups is 7. The van der Waals surface area contributed by atoms with Crippen LogP contribution in [0.4, 0.5) is 35.8 Å². The lowest BCUT2D eigenvalue weighted by molar-refractivity contribution is -0.149. The van der Waals surface area contributed by atoms with E-state index in [1.54, 1.807) is 21.9 Å². The molecule has 123 heavy (non-hydrogen) atoms. The van der Waals surface area contributed by atoms with Crippen LogP contribution in [-0.4, -0.2) is 210 Å². The second-order valence-corrected chi connectivity index (χ2v) is 39.0. The zero-order valence-electron chi connectivity index (χ0n) is 75.1. The molecule has 3 amide bonds. The molecule has 1 N–H and O–H groups in total. The van der Waals surface area contributed by atoms with Crippen molar-refractivity contribution in [3.8, 4) is 0 Å². The quantitative estimate of drug-likeness (QED) is 0.0535. The van der Waals surface area contributed by atoms with Gasteiger partial charge in [-0.3, -0.25) is 19.2 Å². The van der Waals surface area contributed by atoms with Crippen LogP contribution in [0.15, 0.2) is 99.4 Å². The van der Waals surface area contributed by atoms with Gasteiger partial charge in [0.25, 0.3) is 0 Å². The van der Waals surface area contributed by atoms with Crippen molar-refractivity contribution < 1.29 is 80.4 Å². The van der Waals surface area contributed by atoms with Crippen LogP contribution in [0.5, 0.6) is 0 Å². The average Bonchev–Trinajstić information content (AvgIpc) is 1.36. The van der Waals surface area contributed by atoms with Crippen molar-refractivity contribution in [1.82, 2.24) is 20.0 Å². The molecule has 8 heterocycles. The van der Waals surface area contributed by atoms with E-state index in [1.807, 2.05) is 171 Å². The number of nitrogens with one attached hydrogen (secondary N) is 1. The van der Waals surface area contributed by atoms with E-state index >= 15 is 0 Å². The van der Waals surface area contributed by atoms with Crippen LogP contribution in [0.25, 0.3) is 5.57 Å². The zero-order chi connectivity index (χ0) is 90.7. The molecule has 0 aromatic heterocycles. The van der Waals surface area contributed by atoms with Crippen LogP contribution in [-0.2, 0) is 61.6 Å². The zero-order valence-corrected chi connectivity index (χ0v) is 81.3. The average molecular weight is 1920 g/mol. The number of amides is 3. The summed E-state index contributed by atoms with van der Waals surface area (Å²) in [6.07, 6.45) is 13.3. The fraction of sp³-hybridized carbons (Fsp3) is 0.620. The fourth-order valence-electron chi connectivity index (χ4n) is 15.0. The Morgan fingerprint density at radius 2 is 0.805 bits per heavy atom. The monoisotopic (exact) mass is 1920 g/mol. The fourth-order valence-corrected chi connectivity index (χ4v) is 16.4. The standard InChI is InChI=1S/C24H35ClN2O4.C24H33ClN2O4.C16H28BNO4.C14H17BrClNO2.C8H15NO2.C6H3BrClF/c2*1-5-30-22(28)18-10-12-26(13-11-18)21-16-19(25)6-7-20(21)17-8-14-27(15-9-17)23(29)31-24(2,3)4;1-14(2,3)20-13(19)18-10-8-12(9-11-18)17-21-15(4,5)16(6,7)22-17;1-2-19-14(18)10-5-7-17(8-6-10)13-9-11(16)3-4-12(13)15;1-2-11-8(10)7-3-5-9-6-4-7;7-5-2-1-4(8)3-6(5)9/h6-7,16-18H,5,8-15H2,1-4H3;6-8,16,18H,5,9-15H2,1-4H3;8H,9-11H2,1-7H3;3-4,9-10H,2,5-8H2,1H3;7,9H,2-6H2,1H3;1-3H. The predicted molar refractivity (Wildman–Crippen MR) is 495 cm³/mol. The molecule has 0 bridgehead atoms. The summed E-state index contributed by atoms with van der Waals surface area (Å²) >= 11 is 30.7. The molecule has 6 fully saturated rings. The molecule has 0 unspecified atom stereocenters. The van der Waals surface area contributed by atoms with Crippen molar-refractivity contribution in [2.75, 3.05) is 133 Å². The SMILES string of the molecule is CC(C)(C)OC(=O)N1CC=C(B2OC(C)(C)C(C)(C)O2)CC1.CCOC(=O)C1CCN(c2cc(Cl)ccc2Br)CC1.CCOC(=O)C1CCN(c2cc(Cl)ccc2C2=CCN(C(=O)OC(C)(C)C)CC2)CC1.CCOC(=O)C1CCN(c2cc(Cl)ccc2C2CCN(C(=O)OC(C)(C)C)CC2)CC1.CCOC(=O)C1CCNCC1.Fc1cc(Cl)ccc1Br. The highest BCUT2D eigenvalue weighted by Gasteiger charge is 2.53. The first-order valence-corrected chi connectivity index (χ1v) is 46.5. The number of likely N-dealkylation sites (tertiary alicyclic amines) is 1. The minimum atomic E-state index is -0.500. The topological polar surface area (TPSA) is 234 Å². The normalized spacial score (nSPS) is 18.6. The Bertz CT molecular complexity index is 4190. The molecule has 0 spiro atoms. The number of benzene rings is 4. The van der Waals surface area contributed by atoms with Gasteiger partial charge >= 0.3 is 49.3 Å². The second-order valence-electron chi connectivity index (χ2n) is 35.5. The van der Waals surface area contributed by atoms with Crippen LogP contribution in [0.3, 0.4) is 0 Å².